The van der Waals surface area contributed by atoms with E-state index in [9.17, 15) is 4.79 Å². The van der Waals surface area contributed by atoms with Gasteiger partial charge in [0.25, 0.3) is 0 Å². The van der Waals surface area contributed by atoms with Crippen LogP contribution in [-0.4, -0.2) is 22.2 Å². The average molecular weight is 344 g/mol. The lowest BCUT2D eigenvalue weighted by atomic mass is 10.2. The van der Waals surface area contributed by atoms with Crippen molar-refractivity contribution in [1.29, 1.82) is 0 Å². The van der Waals surface area contributed by atoms with Crippen LogP contribution in [-0.2, 0) is 4.79 Å². The van der Waals surface area contributed by atoms with Crippen molar-refractivity contribution in [2.75, 3.05) is 0 Å². The Morgan fingerprint density at radius 3 is 2.50 bits per heavy atom. The SMILES string of the molecule is CC(Oc1ccc(Oc2ccc3cc(Cl)ccc3n2)cc1)C(=O)O. The zero-order valence-corrected chi connectivity index (χ0v) is 13.5. The number of ether oxygens (including phenoxy) is 2. The summed E-state index contributed by atoms with van der Waals surface area (Å²) in [5.74, 6) is 0.470. The molecule has 0 aliphatic heterocycles. The number of nitrogens with zero attached hydrogens (tertiary/aromatic N) is 1. The molecule has 0 aliphatic carbocycles. The Morgan fingerprint density at radius 2 is 1.79 bits per heavy atom. The van der Waals surface area contributed by atoms with E-state index in [0.717, 1.165) is 10.9 Å². The van der Waals surface area contributed by atoms with Gasteiger partial charge in [0, 0.05) is 16.5 Å². The quantitative estimate of drug-likeness (QED) is 0.737. The van der Waals surface area contributed by atoms with Gasteiger partial charge in [0.1, 0.15) is 11.5 Å². The number of hydrogen-bond acceptors (Lipinski definition) is 4. The topological polar surface area (TPSA) is 68.7 Å². The summed E-state index contributed by atoms with van der Waals surface area (Å²) in [4.78, 5) is 15.2. The fraction of sp³-hybridized carbons (Fsp3) is 0.111. The van der Waals surface area contributed by atoms with Crippen molar-refractivity contribution in [2.24, 2.45) is 0 Å². The molecule has 1 unspecified atom stereocenters. The summed E-state index contributed by atoms with van der Waals surface area (Å²) in [6.07, 6.45) is -0.911. The lowest BCUT2D eigenvalue weighted by Crippen LogP contribution is -2.22. The van der Waals surface area contributed by atoms with E-state index in [2.05, 4.69) is 4.98 Å². The molecular weight excluding hydrogens is 330 g/mol. The minimum Gasteiger partial charge on any atom is -0.479 e. The van der Waals surface area contributed by atoms with Gasteiger partial charge in [-0.2, -0.15) is 0 Å². The highest BCUT2D eigenvalue weighted by molar-refractivity contribution is 6.31. The van der Waals surface area contributed by atoms with E-state index in [1.165, 1.54) is 6.92 Å². The first-order valence-electron chi connectivity index (χ1n) is 7.25. The Hall–Kier alpha value is -2.79. The van der Waals surface area contributed by atoms with Crippen molar-refractivity contribution in [3.63, 3.8) is 0 Å². The molecule has 1 heterocycles. The van der Waals surface area contributed by atoms with Gasteiger partial charge in [-0.05, 0) is 55.5 Å². The molecule has 0 fully saturated rings. The number of aliphatic carboxylic acids is 1. The lowest BCUT2D eigenvalue weighted by Gasteiger charge is -2.11. The normalized spacial score (nSPS) is 11.9. The second-order valence-electron chi connectivity index (χ2n) is 5.16. The van der Waals surface area contributed by atoms with E-state index in [4.69, 9.17) is 26.2 Å². The van der Waals surface area contributed by atoms with Crippen molar-refractivity contribution in [1.82, 2.24) is 4.98 Å². The molecule has 0 spiro atoms. The van der Waals surface area contributed by atoms with Crippen molar-refractivity contribution in [3.05, 3.63) is 59.6 Å². The van der Waals surface area contributed by atoms with Gasteiger partial charge in [0.15, 0.2) is 6.10 Å². The Morgan fingerprint density at radius 1 is 1.08 bits per heavy atom. The molecule has 122 valence electrons. The number of fused-ring (bicyclic) bond motifs is 1. The molecule has 5 nitrogen and oxygen atoms in total. The molecule has 2 aromatic carbocycles. The summed E-state index contributed by atoms with van der Waals surface area (Å²) < 4.78 is 11.0. The van der Waals surface area contributed by atoms with Gasteiger partial charge in [-0.1, -0.05) is 11.6 Å². The first kappa shape index (κ1) is 16.1. The highest BCUT2D eigenvalue weighted by Crippen LogP contribution is 2.26. The maximum Gasteiger partial charge on any atom is 0.344 e. The number of carboxylic acids is 1. The summed E-state index contributed by atoms with van der Waals surface area (Å²) in [6.45, 7) is 1.47. The molecular formula is C18H14ClNO4. The molecule has 3 rings (SSSR count). The highest BCUT2D eigenvalue weighted by atomic mass is 35.5. The Kier molecular flexibility index (Phi) is 4.53. The minimum absolute atomic E-state index is 0.456. The van der Waals surface area contributed by atoms with Gasteiger partial charge < -0.3 is 14.6 Å². The lowest BCUT2D eigenvalue weighted by molar-refractivity contribution is -0.144. The summed E-state index contributed by atoms with van der Waals surface area (Å²) in [7, 11) is 0. The molecule has 0 radical (unpaired) electrons. The van der Waals surface area contributed by atoms with Gasteiger partial charge in [0.2, 0.25) is 5.88 Å². The van der Waals surface area contributed by atoms with Crippen molar-refractivity contribution in [3.8, 4) is 17.4 Å². The van der Waals surface area contributed by atoms with Gasteiger partial charge >= 0.3 is 5.97 Å². The summed E-state index contributed by atoms with van der Waals surface area (Å²) in [6, 6.07) is 15.8. The van der Waals surface area contributed by atoms with E-state index in [-0.39, 0.29) is 0 Å². The molecule has 0 saturated carbocycles. The predicted octanol–water partition coefficient (Wildman–Crippen LogP) is 4.53. The summed E-state index contributed by atoms with van der Waals surface area (Å²) in [5.41, 5.74) is 0.784. The first-order chi connectivity index (χ1) is 11.5. The predicted molar refractivity (Wildman–Crippen MR) is 91.0 cm³/mol. The van der Waals surface area contributed by atoms with Crippen LogP contribution in [0.2, 0.25) is 5.02 Å². The first-order valence-corrected chi connectivity index (χ1v) is 7.63. The standard InChI is InChI=1S/C18H14ClNO4/c1-11(18(21)22)23-14-4-6-15(7-5-14)24-17-9-2-12-10-13(19)3-8-16(12)20-17/h2-11H,1H3,(H,21,22). The fourth-order valence-corrected chi connectivity index (χ4v) is 2.28. The number of halogens is 1. The van der Waals surface area contributed by atoms with E-state index >= 15 is 0 Å². The van der Waals surface area contributed by atoms with Crippen LogP contribution in [0.15, 0.2) is 54.6 Å². The second-order valence-corrected chi connectivity index (χ2v) is 5.59. The zero-order chi connectivity index (χ0) is 17.1. The van der Waals surface area contributed by atoms with Crippen molar-refractivity contribution in [2.45, 2.75) is 13.0 Å². The Bertz CT molecular complexity index is 880. The number of carbonyl (C=O) groups is 1. The molecule has 0 amide bonds. The van der Waals surface area contributed by atoms with E-state index in [1.807, 2.05) is 18.2 Å². The monoisotopic (exact) mass is 343 g/mol. The average Bonchev–Trinajstić information content (AvgIpc) is 2.56. The number of pyridine rings is 1. The number of carboxylic acid groups (broad SMARTS) is 1. The largest absolute Gasteiger partial charge is 0.479 e. The van der Waals surface area contributed by atoms with Crippen LogP contribution in [0.25, 0.3) is 10.9 Å². The van der Waals surface area contributed by atoms with Crippen LogP contribution in [0.4, 0.5) is 0 Å². The summed E-state index contributed by atoms with van der Waals surface area (Å²) in [5, 5.41) is 10.4. The third kappa shape index (κ3) is 3.75. The van der Waals surface area contributed by atoms with Crippen molar-refractivity contribution < 1.29 is 19.4 Å². The van der Waals surface area contributed by atoms with E-state index in [0.29, 0.717) is 22.4 Å². The fourth-order valence-electron chi connectivity index (χ4n) is 2.10. The van der Waals surface area contributed by atoms with Gasteiger partial charge in [-0.3, -0.25) is 0 Å². The smallest absolute Gasteiger partial charge is 0.344 e. The third-order valence-corrected chi connectivity index (χ3v) is 3.57. The number of aromatic nitrogens is 1. The highest BCUT2D eigenvalue weighted by Gasteiger charge is 2.12. The molecule has 0 saturated heterocycles. The molecule has 0 bridgehead atoms. The van der Waals surface area contributed by atoms with Crippen LogP contribution in [0.3, 0.4) is 0 Å². The maximum atomic E-state index is 10.8. The molecule has 3 aromatic rings. The minimum atomic E-state index is -1.02. The van der Waals surface area contributed by atoms with Crippen LogP contribution in [0.5, 0.6) is 17.4 Å². The van der Waals surface area contributed by atoms with Crippen LogP contribution in [0.1, 0.15) is 6.92 Å². The second kappa shape index (κ2) is 6.76. The van der Waals surface area contributed by atoms with E-state index in [1.54, 1.807) is 36.4 Å². The van der Waals surface area contributed by atoms with Gasteiger partial charge in [0.05, 0.1) is 5.52 Å². The molecule has 1 N–H and O–H groups in total. The Labute approximate surface area is 143 Å². The van der Waals surface area contributed by atoms with Crippen LogP contribution >= 0.6 is 11.6 Å². The third-order valence-electron chi connectivity index (χ3n) is 3.33. The van der Waals surface area contributed by atoms with Crippen LogP contribution in [0, 0.1) is 0 Å². The molecule has 6 heteroatoms. The van der Waals surface area contributed by atoms with Gasteiger partial charge in [-0.15, -0.1) is 0 Å². The Balaban J connectivity index is 1.74. The number of benzene rings is 2. The molecule has 24 heavy (non-hydrogen) atoms. The van der Waals surface area contributed by atoms with Crippen LogP contribution < -0.4 is 9.47 Å². The maximum absolute atomic E-state index is 10.8. The molecule has 1 aromatic heterocycles. The number of hydrogen-bond donors (Lipinski definition) is 1. The number of rotatable bonds is 5. The van der Waals surface area contributed by atoms with E-state index < -0.39 is 12.1 Å². The molecule has 0 aliphatic rings. The summed E-state index contributed by atoms with van der Waals surface area (Å²) >= 11 is 5.95. The van der Waals surface area contributed by atoms with Crippen molar-refractivity contribution >= 4 is 28.5 Å². The zero-order valence-electron chi connectivity index (χ0n) is 12.8. The molecule has 1 atom stereocenters. The van der Waals surface area contributed by atoms with Gasteiger partial charge in [-0.25, -0.2) is 9.78 Å².